The van der Waals surface area contributed by atoms with Crippen molar-refractivity contribution in [2.45, 2.75) is 32.1 Å². The molecule has 0 radical (unpaired) electrons. The molecule has 0 aliphatic carbocycles. The summed E-state index contributed by atoms with van der Waals surface area (Å²) in [5.74, 6) is 0.227. The number of carbonyl (C=O) groups excluding carboxylic acids is 1. The Morgan fingerprint density at radius 2 is 1.57 bits per heavy atom. The Kier molecular flexibility index (Phi) is 4.94. The molecule has 3 heteroatoms. The second-order valence-electron chi connectivity index (χ2n) is 4.33. The normalized spacial score (nSPS) is 19.9. The van der Waals surface area contributed by atoms with Gasteiger partial charge in [0.25, 0.3) is 0 Å². The van der Waals surface area contributed by atoms with Gasteiger partial charge in [0.15, 0.2) is 0 Å². The SMILES string of the molecule is CN(C)C(=O)CN1CCCCCCC1. The van der Waals surface area contributed by atoms with Crippen molar-refractivity contribution >= 4 is 5.91 Å². The summed E-state index contributed by atoms with van der Waals surface area (Å²) in [4.78, 5) is 15.5. The number of likely N-dealkylation sites (N-methyl/N-ethyl adjacent to an activating group) is 1. The zero-order chi connectivity index (χ0) is 10.4. The third-order valence-electron chi connectivity index (χ3n) is 2.81. The number of amides is 1. The lowest BCUT2D eigenvalue weighted by atomic mass is 10.1. The molecule has 1 aliphatic rings. The van der Waals surface area contributed by atoms with Crippen molar-refractivity contribution in [3.05, 3.63) is 0 Å². The fraction of sp³-hybridized carbons (Fsp3) is 0.909. The third kappa shape index (κ3) is 4.09. The highest BCUT2D eigenvalue weighted by molar-refractivity contribution is 5.77. The van der Waals surface area contributed by atoms with E-state index in [-0.39, 0.29) is 5.91 Å². The highest BCUT2D eigenvalue weighted by Crippen LogP contribution is 2.10. The minimum Gasteiger partial charge on any atom is -0.348 e. The lowest BCUT2D eigenvalue weighted by Gasteiger charge is -2.25. The van der Waals surface area contributed by atoms with Gasteiger partial charge in [0, 0.05) is 14.1 Å². The topological polar surface area (TPSA) is 23.6 Å². The van der Waals surface area contributed by atoms with Crippen LogP contribution in [0.2, 0.25) is 0 Å². The first-order valence-corrected chi connectivity index (χ1v) is 5.62. The van der Waals surface area contributed by atoms with Gasteiger partial charge in [-0.3, -0.25) is 9.69 Å². The van der Waals surface area contributed by atoms with Crippen LogP contribution in [0.4, 0.5) is 0 Å². The van der Waals surface area contributed by atoms with Gasteiger partial charge >= 0.3 is 0 Å². The molecule has 3 nitrogen and oxygen atoms in total. The van der Waals surface area contributed by atoms with Gasteiger partial charge in [-0.05, 0) is 25.9 Å². The lowest BCUT2D eigenvalue weighted by molar-refractivity contribution is -0.130. The zero-order valence-electron chi connectivity index (χ0n) is 9.46. The van der Waals surface area contributed by atoms with Gasteiger partial charge in [0.05, 0.1) is 6.54 Å². The van der Waals surface area contributed by atoms with Crippen molar-refractivity contribution in [1.29, 1.82) is 0 Å². The molecule has 1 heterocycles. The van der Waals surface area contributed by atoms with E-state index in [1.807, 2.05) is 14.1 Å². The minimum absolute atomic E-state index is 0.227. The quantitative estimate of drug-likeness (QED) is 0.668. The molecule has 1 saturated heterocycles. The molecule has 0 bridgehead atoms. The summed E-state index contributed by atoms with van der Waals surface area (Å²) < 4.78 is 0. The molecule has 14 heavy (non-hydrogen) atoms. The monoisotopic (exact) mass is 198 g/mol. The minimum atomic E-state index is 0.227. The van der Waals surface area contributed by atoms with Gasteiger partial charge in [-0.1, -0.05) is 19.3 Å². The zero-order valence-corrected chi connectivity index (χ0v) is 9.46. The molecule has 0 atom stereocenters. The molecule has 0 aromatic heterocycles. The number of hydrogen-bond donors (Lipinski definition) is 0. The summed E-state index contributed by atoms with van der Waals surface area (Å²) in [6, 6.07) is 0. The van der Waals surface area contributed by atoms with E-state index in [0.29, 0.717) is 6.54 Å². The van der Waals surface area contributed by atoms with E-state index in [4.69, 9.17) is 0 Å². The maximum atomic E-state index is 11.5. The molecule has 0 aromatic carbocycles. The van der Waals surface area contributed by atoms with Crippen molar-refractivity contribution < 1.29 is 4.79 Å². The summed E-state index contributed by atoms with van der Waals surface area (Å²) in [6.07, 6.45) is 6.52. The number of nitrogens with zero attached hydrogens (tertiary/aromatic N) is 2. The second kappa shape index (κ2) is 6.02. The average Bonchev–Trinajstić information content (AvgIpc) is 2.08. The molecule has 0 spiro atoms. The molecular formula is C11H22N2O. The van der Waals surface area contributed by atoms with Gasteiger partial charge in [0.2, 0.25) is 5.91 Å². The van der Waals surface area contributed by atoms with Gasteiger partial charge in [-0.2, -0.15) is 0 Å². The van der Waals surface area contributed by atoms with Crippen molar-refractivity contribution in [3.63, 3.8) is 0 Å². The van der Waals surface area contributed by atoms with E-state index in [1.54, 1.807) is 4.90 Å². The van der Waals surface area contributed by atoms with Crippen LogP contribution >= 0.6 is 0 Å². The third-order valence-corrected chi connectivity index (χ3v) is 2.81. The molecule has 1 amide bonds. The second-order valence-corrected chi connectivity index (χ2v) is 4.33. The van der Waals surface area contributed by atoms with Crippen molar-refractivity contribution in [2.75, 3.05) is 33.7 Å². The molecular weight excluding hydrogens is 176 g/mol. The number of likely N-dealkylation sites (tertiary alicyclic amines) is 1. The first kappa shape index (κ1) is 11.5. The predicted molar refractivity (Wildman–Crippen MR) is 58.2 cm³/mol. The van der Waals surface area contributed by atoms with Gasteiger partial charge in [-0.25, -0.2) is 0 Å². The van der Waals surface area contributed by atoms with Crippen LogP contribution in [0.25, 0.3) is 0 Å². The van der Waals surface area contributed by atoms with E-state index in [2.05, 4.69) is 4.90 Å². The molecule has 0 unspecified atom stereocenters. The Hall–Kier alpha value is -0.570. The van der Waals surface area contributed by atoms with E-state index < -0.39 is 0 Å². The largest absolute Gasteiger partial charge is 0.348 e. The fourth-order valence-corrected chi connectivity index (χ4v) is 1.80. The van der Waals surface area contributed by atoms with Crippen LogP contribution in [0, 0.1) is 0 Å². The predicted octanol–water partition coefficient (Wildman–Crippen LogP) is 1.34. The molecule has 1 rings (SSSR count). The standard InChI is InChI=1S/C11H22N2O/c1-12(2)11(14)10-13-8-6-4-3-5-7-9-13/h3-10H2,1-2H3. The van der Waals surface area contributed by atoms with E-state index in [0.717, 1.165) is 13.1 Å². The van der Waals surface area contributed by atoms with Crippen LogP contribution < -0.4 is 0 Å². The van der Waals surface area contributed by atoms with Crippen LogP contribution in [0.5, 0.6) is 0 Å². The highest BCUT2D eigenvalue weighted by Gasteiger charge is 2.12. The number of rotatable bonds is 2. The summed E-state index contributed by atoms with van der Waals surface area (Å²) in [6.45, 7) is 2.80. The summed E-state index contributed by atoms with van der Waals surface area (Å²) in [5, 5.41) is 0. The van der Waals surface area contributed by atoms with Gasteiger partial charge < -0.3 is 4.90 Å². The molecule has 1 fully saturated rings. The lowest BCUT2D eigenvalue weighted by Crippen LogP contribution is -2.38. The van der Waals surface area contributed by atoms with Gasteiger partial charge in [-0.15, -0.1) is 0 Å². The molecule has 0 saturated carbocycles. The molecule has 82 valence electrons. The molecule has 0 N–H and O–H groups in total. The first-order valence-electron chi connectivity index (χ1n) is 5.62. The molecule has 0 aromatic rings. The smallest absolute Gasteiger partial charge is 0.236 e. The summed E-state index contributed by atoms with van der Waals surface area (Å²) >= 11 is 0. The Labute approximate surface area is 87.1 Å². The highest BCUT2D eigenvalue weighted by atomic mass is 16.2. The van der Waals surface area contributed by atoms with Crippen molar-refractivity contribution in [1.82, 2.24) is 9.80 Å². The van der Waals surface area contributed by atoms with E-state index >= 15 is 0 Å². The molecule has 1 aliphatic heterocycles. The maximum Gasteiger partial charge on any atom is 0.236 e. The van der Waals surface area contributed by atoms with Crippen LogP contribution in [-0.4, -0.2) is 49.4 Å². The number of hydrogen-bond acceptors (Lipinski definition) is 2. The van der Waals surface area contributed by atoms with E-state index in [9.17, 15) is 4.79 Å². The maximum absolute atomic E-state index is 11.5. The van der Waals surface area contributed by atoms with E-state index in [1.165, 1.54) is 32.1 Å². The Bertz CT molecular complexity index is 172. The summed E-state index contributed by atoms with van der Waals surface area (Å²) in [7, 11) is 3.65. The fourth-order valence-electron chi connectivity index (χ4n) is 1.80. The Morgan fingerprint density at radius 3 is 2.07 bits per heavy atom. The Morgan fingerprint density at radius 1 is 1.07 bits per heavy atom. The summed E-state index contributed by atoms with van der Waals surface area (Å²) in [5.41, 5.74) is 0. The first-order chi connectivity index (χ1) is 6.70. The van der Waals surface area contributed by atoms with Crippen LogP contribution in [0.3, 0.4) is 0 Å². The van der Waals surface area contributed by atoms with Crippen LogP contribution in [0.1, 0.15) is 32.1 Å². The Balaban J connectivity index is 2.30. The van der Waals surface area contributed by atoms with Crippen molar-refractivity contribution in [3.8, 4) is 0 Å². The average molecular weight is 198 g/mol. The van der Waals surface area contributed by atoms with Gasteiger partial charge in [0.1, 0.15) is 0 Å². The van der Waals surface area contributed by atoms with Crippen molar-refractivity contribution in [2.24, 2.45) is 0 Å². The van der Waals surface area contributed by atoms with Crippen LogP contribution in [0.15, 0.2) is 0 Å². The number of carbonyl (C=O) groups is 1. The van der Waals surface area contributed by atoms with Crippen LogP contribution in [-0.2, 0) is 4.79 Å².